The van der Waals surface area contributed by atoms with E-state index >= 15 is 0 Å². The highest BCUT2D eigenvalue weighted by Crippen LogP contribution is 2.10. The fraction of sp³-hybridized carbons (Fsp3) is 0.609. The van der Waals surface area contributed by atoms with E-state index in [4.69, 9.17) is 9.57 Å². The molecule has 1 aromatic rings. The Labute approximate surface area is 185 Å². The predicted octanol–water partition coefficient (Wildman–Crippen LogP) is 3.41. The van der Waals surface area contributed by atoms with E-state index in [9.17, 15) is 14.4 Å². The van der Waals surface area contributed by atoms with Gasteiger partial charge in [-0.1, -0.05) is 63.9 Å². The van der Waals surface area contributed by atoms with Crippen LogP contribution in [0, 0.1) is 5.92 Å². The summed E-state index contributed by atoms with van der Waals surface area (Å²) < 4.78 is 5.26. The van der Waals surface area contributed by atoms with Gasteiger partial charge in [0.05, 0.1) is 7.11 Å². The normalized spacial score (nSPS) is 12.7. The summed E-state index contributed by atoms with van der Waals surface area (Å²) in [5, 5.41) is 6.67. The number of nitrogens with zero attached hydrogens (tertiary/aromatic N) is 1. The summed E-state index contributed by atoms with van der Waals surface area (Å²) in [6.07, 6.45) is 1.90. The van der Waals surface area contributed by atoms with Gasteiger partial charge >= 0.3 is 6.09 Å². The van der Waals surface area contributed by atoms with Crippen LogP contribution in [-0.4, -0.2) is 48.7 Å². The Hall–Kier alpha value is -2.61. The summed E-state index contributed by atoms with van der Waals surface area (Å²) >= 11 is 0. The van der Waals surface area contributed by atoms with E-state index < -0.39 is 24.1 Å². The van der Waals surface area contributed by atoms with Crippen molar-refractivity contribution in [2.75, 3.05) is 13.7 Å². The number of hydrogen-bond acceptors (Lipinski definition) is 5. The van der Waals surface area contributed by atoms with Gasteiger partial charge in [-0.2, -0.15) is 0 Å². The molecule has 8 nitrogen and oxygen atoms in total. The zero-order valence-electron chi connectivity index (χ0n) is 19.3. The van der Waals surface area contributed by atoms with Crippen molar-refractivity contribution in [3.05, 3.63) is 35.9 Å². The Balaban J connectivity index is 2.80. The van der Waals surface area contributed by atoms with Crippen molar-refractivity contribution < 1.29 is 24.0 Å². The molecule has 0 saturated heterocycles. The fourth-order valence-electron chi connectivity index (χ4n) is 3.10. The highest BCUT2D eigenvalue weighted by molar-refractivity contribution is 5.91. The highest BCUT2D eigenvalue weighted by atomic mass is 16.7. The lowest BCUT2D eigenvalue weighted by Crippen LogP contribution is -2.54. The summed E-state index contributed by atoms with van der Waals surface area (Å²) in [4.78, 5) is 43.1. The summed E-state index contributed by atoms with van der Waals surface area (Å²) in [7, 11) is 1.42. The maximum Gasteiger partial charge on any atom is 0.408 e. The maximum atomic E-state index is 13.0. The van der Waals surface area contributed by atoms with Crippen molar-refractivity contribution in [1.82, 2.24) is 15.7 Å². The Bertz CT molecular complexity index is 677. The van der Waals surface area contributed by atoms with Crippen LogP contribution in [0.15, 0.2) is 30.3 Å². The number of likely N-dealkylation sites (N-methyl/N-ethyl adjacent to an activating group) is 1. The molecule has 8 heteroatoms. The van der Waals surface area contributed by atoms with Crippen molar-refractivity contribution in [3.63, 3.8) is 0 Å². The first-order valence-corrected chi connectivity index (χ1v) is 10.9. The first kappa shape index (κ1) is 26.4. The van der Waals surface area contributed by atoms with Gasteiger partial charge in [0.25, 0.3) is 5.91 Å². The smallest absolute Gasteiger partial charge is 0.408 e. The molecule has 1 rings (SSSR count). The molecule has 31 heavy (non-hydrogen) atoms. The van der Waals surface area contributed by atoms with Crippen molar-refractivity contribution in [1.29, 1.82) is 0 Å². The number of alkyl carbamates (subject to hydrolysis) is 1. The number of rotatable bonds is 13. The summed E-state index contributed by atoms with van der Waals surface area (Å²) in [6, 6.07) is 7.78. The molecule has 0 aliphatic carbocycles. The number of nitrogens with one attached hydrogen (secondary N) is 2. The van der Waals surface area contributed by atoms with Crippen molar-refractivity contribution in [3.8, 4) is 0 Å². The second-order valence-corrected chi connectivity index (χ2v) is 7.81. The first-order chi connectivity index (χ1) is 14.8. The van der Waals surface area contributed by atoms with Crippen molar-refractivity contribution in [2.45, 2.75) is 72.1 Å². The molecule has 0 unspecified atom stereocenters. The Morgan fingerprint density at radius 2 is 1.71 bits per heavy atom. The lowest BCUT2D eigenvalue weighted by atomic mass is 10.0. The van der Waals surface area contributed by atoms with E-state index in [0.717, 1.165) is 18.4 Å². The lowest BCUT2D eigenvalue weighted by Gasteiger charge is -2.27. The third-order valence-electron chi connectivity index (χ3n) is 4.74. The first-order valence-electron chi connectivity index (χ1n) is 10.9. The van der Waals surface area contributed by atoms with Crippen LogP contribution in [0.25, 0.3) is 0 Å². The minimum Gasteiger partial charge on any atom is -0.445 e. The molecule has 0 aromatic heterocycles. The van der Waals surface area contributed by atoms with Crippen LogP contribution >= 0.6 is 0 Å². The van der Waals surface area contributed by atoms with Gasteiger partial charge < -0.3 is 15.4 Å². The van der Waals surface area contributed by atoms with Crippen molar-refractivity contribution in [2.24, 2.45) is 5.92 Å². The molecular formula is C23H37N3O5. The number of hydrogen-bond donors (Lipinski definition) is 2. The Morgan fingerprint density at radius 1 is 1.03 bits per heavy atom. The largest absolute Gasteiger partial charge is 0.445 e. The average molecular weight is 436 g/mol. The number of unbranched alkanes of at least 4 members (excludes halogenated alkanes) is 1. The van der Waals surface area contributed by atoms with Crippen LogP contribution in [0.3, 0.4) is 0 Å². The second-order valence-electron chi connectivity index (χ2n) is 7.81. The third-order valence-corrected chi connectivity index (χ3v) is 4.74. The number of amides is 3. The number of ether oxygens (including phenoxy) is 1. The van der Waals surface area contributed by atoms with Crippen LogP contribution in [0.2, 0.25) is 0 Å². The van der Waals surface area contributed by atoms with E-state index in [1.165, 1.54) is 12.2 Å². The maximum absolute atomic E-state index is 13.0. The number of carbonyl (C=O) groups is 3. The highest BCUT2D eigenvalue weighted by Gasteiger charge is 2.29. The fourth-order valence-corrected chi connectivity index (χ4v) is 3.10. The van der Waals surface area contributed by atoms with E-state index in [0.29, 0.717) is 19.4 Å². The van der Waals surface area contributed by atoms with Gasteiger partial charge in [0.2, 0.25) is 5.91 Å². The van der Waals surface area contributed by atoms with Gasteiger partial charge in [-0.15, -0.1) is 0 Å². The monoisotopic (exact) mass is 435 g/mol. The molecule has 2 atom stereocenters. The average Bonchev–Trinajstić information content (AvgIpc) is 2.75. The molecule has 0 saturated carbocycles. The van der Waals surface area contributed by atoms with Crippen molar-refractivity contribution >= 4 is 17.9 Å². The van der Waals surface area contributed by atoms with Gasteiger partial charge in [0.15, 0.2) is 0 Å². The quantitative estimate of drug-likeness (QED) is 0.463. The molecule has 0 aliphatic heterocycles. The zero-order valence-corrected chi connectivity index (χ0v) is 19.3. The lowest BCUT2D eigenvalue weighted by molar-refractivity contribution is -0.178. The molecule has 1 aromatic carbocycles. The van der Waals surface area contributed by atoms with Gasteiger partial charge in [0, 0.05) is 6.54 Å². The summed E-state index contributed by atoms with van der Waals surface area (Å²) in [5.74, 6) is -0.560. The topological polar surface area (TPSA) is 97.0 Å². The molecule has 0 aliphatic rings. The number of benzene rings is 1. The minimum absolute atomic E-state index is 0.111. The molecule has 2 N–H and O–H groups in total. The van der Waals surface area contributed by atoms with Gasteiger partial charge in [-0.25, -0.2) is 9.86 Å². The van der Waals surface area contributed by atoms with Gasteiger partial charge in [-0.05, 0) is 31.2 Å². The Morgan fingerprint density at radius 3 is 2.26 bits per heavy atom. The van der Waals surface area contributed by atoms with E-state index in [1.807, 2.05) is 51.1 Å². The second kappa shape index (κ2) is 14.4. The van der Waals surface area contributed by atoms with E-state index in [1.54, 1.807) is 6.92 Å². The summed E-state index contributed by atoms with van der Waals surface area (Å²) in [5.41, 5.74) is 0.854. The number of carbonyl (C=O) groups excluding carboxylic acids is 3. The standard InChI is InChI=1S/C23H37N3O5/c1-6-8-14-19(22(28)26(7-2)30-5)24-21(27)20(15-17(3)4)25-23(29)31-16-18-12-10-9-11-13-18/h9-13,17,19-20H,6-8,14-16H2,1-5H3,(H,24,27)(H,25,29)/t19-,20-/m0/s1. The molecule has 3 amide bonds. The van der Waals surface area contributed by atoms with Crippen LogP contribution in [-0.2, 0) is 25.8 Å². The molecular weight excluding hydrogens is 398 g/mol. The molecule has 0 fully saturated rings. The molecule has 0 spiro atoms. The van der Waals surface area contributed by atoms with E-state index in [2.05, 4.69) is 10.6 Å². The van der Waals surface area contributed by atoms with Crippen LogP contribution in [0.4, 0.5) is 4.79 Å². The Kier molecular flexibility index (Phi) is 12.3. The zero-order chi connectivity index (χ0) is 23.2. The van der Waals surface area contributed by atoms with E-state index in [-0.39, 0.29) is 18.4 Å². The molecule has 0 heterocycles. The summed E-state index contributed by atoms with van der Waals surface area (Å²) in [6.45, 7) is 8.21. The minimum atomic E-state index is -0.808. The van der Waals surface area contributed by atoms with Crippen LogP contribution in [0.1, 0.15) is 58.9 Å². The molecule has 0 radical (unpaired) electrons. The number of hydroxylamine groups is 2. The third kappa shape index (κ3) is 9.83. The molecule has 0 bridgehead atoms. The molecule has 174 valence electrons. The van der Waals surface area contributed by atoms with Crippen LogP contribution < -0.4 is 10.6 Å². The predicted molar refractivity (Wildman–Crippen MR) is 119 cm³/mol. The van der Waals surface area contributed by atoms with Gasteiger partial charge in [-0.3, -0.25) is 14.4 Å². The SMILES string of the molecule is CCCC[C@H](NC(=O)[C@H](CC(C)C)NC(=O)OCc1ccccc1)C(=O)N(CC)OC. The van der Waals surface area contributed by atoms with Gasteiger partial charge in [0.1, 0.15) is 18.7 Å². The van der Waals surface area contributed by atoms with Crippen LogP contribution in [0.5, 0.6) is 0 Å².